The molecule has 1 aliphatic rings. The lowest BCUT2D eigenvalue weighted by atomic mass is 9.99. The van der Waals surface area contributed by atoms with E-state index in [4.69, 9.17) is 9.47 Å². The number of allylic oxidation sites excluding steroid dienone is 19. The monoisotopic (exact) mass is 1230 g/mol. The maximum absolute atomic E-state index is 13.1. The molecule has 1 saturated heterocycles. The van der Waals surface area contributed by atoms with E-state index in [1.54, 1.807) is 6.08 Å². The molecule has 0 spiro atoms. The second-order valence-corrected chi connectivity index (χ2v) is 25.0. The van der Waals surface area contributed by atoms with Crippen LogP contribution < -0.4 is 5.32 Å². The highest BCUT2D eigenvalue weighted by Gasteiger charge is 2.44. The fraction of sp³-hybridized carbons (Fsp3) is 0.734. The normalized spacial score (nSPS) is 18.6. The molecule has 0 aliphatic carbocycles. The average Bonchev–Trinajstić information content (AvgIpc) is 3.31. The number of carbonyl (C=O) groups is 1. The Kier molecular flexibility index (Phi) is 62.4. The largest absolute Gasteiger partial charge is 0.394 e. The van der Waals surface area contributed by atoms with Crippen molar-refractivity contribution >= 4 is 5.91 Å². The molecule has 1 heterocycles. The summed E-state index contributed by atoms with van der Waals surface area (Å²) in [4.78, 5) is 13.1. The summed E-state index contributed by atoms with van der Waals surface area (Å²) < 4.78 is 11.3. The van der Waals surface area contributed by atoms with Crippen molar-refractivity contribution in [1.29, 1.82) is 0 Å². The van der Waals surface area contributed by atoms with Gasteiger partial charge in [0, 0.05) is 6.42 Å². The molecular weight excluding hydrogens is 1090 g/mol. The molecule has 0 saturated carbocycles. The second-order valence-electron chi connectivity index (χ2n) is 25.0. The number of nitrogens with one attached hydrogen (secondary N) is 1. The number of carbonyl (C=O) groups excluding carboxylic acids is 1. The first kappa shape index (κ1) is 82.6. The molecule has 0 bridgehead atoms. The van der Waals surface area contributed by atoms with Gasteiger partial charge in [-0.15, -0.1) is 0 Å². The van der Waals surface area contributed by atoms with Crippen molar-refractivity contribution in [3.8, 4) is 0 Å². The summed E-state index contributed by atoms with van der Waals surface area (Å²) in [6.45, 7) is 3.67. The zero-order chi connectivity index (χ0) is 63.5. The Morgan fingerprint density at radius 1 is 0.398 bits per heavy atom. The molecule has 9 heteroatoms. The van der Waals surface area contributed by atoms with Gasteiger partial charge in [0.2, 0.25) is 5.91 Å². The summed E-state index contributed by atoms with van der Waals surface area (Å²) in [6, 6.07) is -0.835. The number of hydrogen-bond donors (Lipinski definition) is 6. The van der Waals surface area contributed by atoms with E-state index in [0.717, 1.165) is 89.9 Å². The Bertz CT molecular complexity index is 1810. The zero-order valence-electron chi connectivity index (χ0n) is 56.7. The smallest absolute Gasteiger partial charge is 0.220 e. The van der Waals surface area contributed by atoms with E-state index >= 15 is 0 Å². The Morgan fingerprint density at radius 3 is 1.09 bits per heavy atom. The standard InChI is InChI=1S/C79H137NO8/c1-3-5-7-9-11-13-15-17-19-21-23-25-27-29-30-31-32-33-34-35-36-37-38-39-40-41-42-43-44-45-47-49-51-53-55-57-59-61-63-65-67-69-75(83)80-72(71-87-79-78(86)77(85)76(84)74(70-81)88-79)73(82)68-66-64-62-60-58-56-54-52-50-48-46-28-26-24-22-20-18-16-14-12-10-8-6-4-2/h5,7,11,13,17,19,23,25,29-30,32-33,35-36,50,52,58,60,66,68,72-74,76-79,81-82,84-86H,3-4,6,8-10,12,14-16,18,20-22,24,26-28,31,34,37-49,51,53-57,59,61-65,67,69-71H2,1-2H3,(H,80,83)/b7-5-,13-11-,19-17-,25-23-,30-29-,33-32-,36-35-,52-50+,60-58+,68-66+. The van der Waals surface area contributed by atoms with Crippen molar-refractivity contribution in [1.82, 2.24) is 5.32 Å². The van der Waals surface area contributed by atoms with Crippen molar-refractivity contribution in [3.05, 3.63) is 122 Å². The van der Waals surface area contributed by atoms with Gasteiger partial charge in [-0.05, 0) is 103 Å². The van der Waals surface area contributed by atoms with Gasteiger partial charge in [-0.25, -0.2) is 0 Å². The third-order valence-corrected chi connectivity index (χ3v) is 16.7. The van der Waals surface area contributed by atoms with Gasteiger partial charge in [0.15, 0.2) is 6.29 Å². The molecule has 1 aliphatic heterocycles. The molecule has 88 heavy (non-hydrogen) atoms. The van der Waals surface area contributed by atoms with E-state index in [2.05, 4.69) is 129 Å². The number of ether oxygens (including phenoxy) is 2. The number of aliphatic hydroxyl groups excluding tert-OH is 5. The van der Waals surface area contributed by atoms with Gasteiger partial charge >= 0.3 is 0 Å². The van der Waals surface area contributed by atoms with E-state index in [1.165, 1.54) is 205 Å². The molecule has 7 unspecified atom stereocenters. The molecule has 7 atom stereocenters. The summed E-state index contributed by atoms with van der Waals surface area (Å²) in [6.07, 6.45) is 93.2. The lowest BCUT2D eigenvalue weighted by Crippen LogP contribution is -2.60. The topological polar surface area (TPSA) is 149 Å². The van der Waals surface area contributed by atoms with Crippen molar-refractivity contribution < 1.29 is 39.8 Å². The Morgan fingerprint density at radius 2 is 0.716 bits per heavy atom. The maximum atomic E-state index is 13.1. The van der Waals surface area contributed by atoms with Crippen LogP contribution in [0.15, 0.2) is 122 Å². The summed E-state index contributed by atoms with van der Waals surface area (Å²) in [5.41, 5.74) is 0. The lowest BCUT2D eigenvalue weighted by Gasteiger charge is -2.40. The number of hydrogen-bond acceptors (Lipinski definition) is 8. The first-order valence-electron chi connectivity index (χ1n) is 36.8. The van der Waals surface area contributed by atoms with Crippen LogP contribution in [0.4, 0.5) is 0 Å². The third-order valence-electron chi connectivity index (χ3n) is 16.7. The van der Waals surface area contributed by atoms with Gasteiger partial charge in [0.25, 0.3) is 0 Å². The number of aliphatic hydroxyl groups is 5. The summed E-state index contributed by atoms with van der Waals surface area (Å²) in [7, 11) is 0. The van der Waals surface area contributed by atoms with E-state index in [1.807, 2.05) is 6.08 Å². The molecule has 1 amide bonds. The molecule has 0 aromatic carbocycles. The number of amides is 1. The summed E-state index contributed by atoms with van der Waals surface area (Å²) in [5.74, 6) is -0.190. The molecule has 1 rings (SSSR count). The highest BCUT2D eigenvalue weighted by molar-refractivity contribution is 5.76. The van der Waals surface area contributed by atoms with Crippen LogP contribution in [0.3, 0.4) is 0 Å². The van der Waals surface area contributed by atoms with Crippen LogP contribution in [0.2, 0.25) is 0 Å². The Labute approximate surface area is 541 Å². The molecule has 6 N–H and O–H groups in total. The predicted molar refractivity (Wildman–Crippen MR) is 377 cm³/mol. The van der Waals surface area contributed by atoms with Crippen molar-refractivity contribution in [2.24, 2.45) is 0 Å². The van der Waals surface area contributed by atoms with Gasteiger partial charge < -0.3 is 40.3 Å². The maximum Gasteiger partial charge on any atom is 0.220 e. The Balaban J connectivity index is 2.11. The SMILES string of the molecule is CC/C=C\C/C=C\C/C=C\C/C=C\C/C=C\C/C=C\C/C=C\CCCCCCCCCCCCCCCCCCCCCC(=O)NC(COC1OC(CO)C(O)C(O)C1O)C(O)/C=C/CC/C=C/CC/C=C/CCCCCCCCCCCCCCCC. The molecule has 1 fully saturated rings. The first-order valence-corrected chi connectivity index (χ1v) is 36.8. The molecular formula is C79H137NO8. The quantitative estimate of drug-likeness (QED) is 0.0261. The molecule has 0 aromatic heterocycles. The fourth-order valence-corrected chi connectivity index (χ4v) is 11.1. The predicted octanol–water partition coefficient (Wildman–Crippen LogP) is 20.6. The third kappa shape index (κ3) is 54.3. The van der Waals surface area contributed by atoms with Gasteiger partial charge in [0.05, 0.1) is 25.4 Å². The van der Waals surface area contributed by atoms with Crippen LogP contribution in [0, 0.1) is 0 Å². The highest BCUT2D eigenvalue weighted by atomic mass is 16.7. The van der Waals surface area contributed by atoms with E-state index in [-0.39, 0.29) is 12.5 Å². The second kappa shape index (κ2) is 66.5. The number of unbranched alkanes of at least 4 members (excludes halogenated alkanes) is 35. The van der Waals surface area contributed by atoms with Crippen LogP contribution in [0.5, 0.6) is 0 Å². The van der Waals surface area contributed by atoms with Crippen molar-refractivity contribution in [2.75, 3.05) is 13.2 Å². The molecule has 506 valence electrons. The minimum absolute atomic E-state index is 0.190. The van der Waals surface area contributed by atoms with Crippen LogP contribution >= 0.6 is 0 Å². The van der Waals surface area contributed by atoms with E-state index in [9.17, 15) is 30.3 Å². The van der Waals surface area contributed by atoms with E-state index in [0.29, 0.717) is 6.42 Å². The highest BCUT2D eigenvalue weighted by Crippen LogP contribution is 2.23. The van der Waals surface area contributed by atoms with Gasteiger partial charge in [-0.3, -0.25) is 4.79 Å². The average molecular weight is 1230 g/mol. The Hall–Kier alpha value is -3.41. The lowest BCUT2D eigenvalue weighted by molar-refractivity contribution is -0.302. The van der Waals surface area contributed by atoms with Gasteiger partial charge in [-0.2, -0.15) is 0 Å². The van der Waals surface area contributed by atoms with Crippen LogP contribution in [-0.2, 0) is 14.3 Å². The van der Waals surface area contributed by atoms with Crippen LogP contribution in [0.1, 0.15) is 316 Å². The first-order chi connectivity index (χ1) is 43.3. The van der Waals surface area contributed by atoms with Crippen molar-refractivity contribution in [2.45, 2.75) is 358 Å². The van der Waals surface area contributed by atoms with E-state index < -0.39 is 49.5 Å². The number of rotatable bonds is 63. The zero-order valence-corrected chi connectivity index (χ0v) is 56.7. The summed E-state index contributed by atoms with van der Waals surface area (Å²) >= 11 is 0. The van der Waals surface area contributed by atoms with Gasteiger partial charge in [0.1, 0.15) is 24.4 Å². The molecule has 9 nitrogen and oxygen atoms in total. The fourth-order valence-electron chi connectivity index (χ4n) is 11.1. The minimum atomic E-state index is -1.58. The van der Waals surface area contributed by atoms with Crippen LogP contribution in [0.25, 0.3) is 0 Å². The summed E-state index contributed by atoms with van der Waals surface area (Å²) in [5, 5.41) is 54.8. The molecule has 0 radical (unpaired) electrons. The van der Waals surface area contributed by atoms with Crippen molar-refractivity contribution in [3.63, 3.8) is 0 Å². The van der Waals surface area contributed by atoms with Gasteiger partial charge in [-0.1, -0.05) is 328 Å². The molecule has 0 aromatic rings. The minimum Gasteiger partial charge on any atom is -0.394 e. The van der Waals surface area contributed by atoms with Crippen LogP contribution in [-0.4, -0.2) is 87.5 Å².